The summed E-state index contributed by atoms with van der Waals surface area (Å²) in [6.45, 7) is 9.14. The van der Waals surface area contributed by atoms with Crippen molar-refractivity contribution in [2.24, 2.45) is 0 Å². The van der Waals surface area contributed by atoms with Crippen LogP contribution in [-0.4, -0.2) is 8.07 Å². The summed E-state index contributed by atoms with van der Waals surface area (Å²) in [7, 11) is -1.25. The molecule has 0 aliphatic heterocycles. The van der Waals surface area contributed by atoms with Gasteiger partial charge >= 0.3 is 0 Å². The Morgan fingerprint density at radius 1 is 1.05 bits per heavy atom. The predicted octanol–water partition coefficient (Wildman–Crippen LogP) is 5.92. The first-order valence-corrected chi connectivity index (χ1v) is 12.2. The van der Waals surface area contributed by atoms with Crippen molar-refractivity contribution >= 4 is 40.1 Å². The molecule has 0 radical (unpaired) electrons. The Hall–Kier alpha value is -0.563. The summed E-state index contributed by atoms with van der Waals surface area (Å²) in [5.41, 5.74) is 3.45. The second-order valence-electron chi connectivity index (χ2n) is 6.01. The summed E-state index contributed by atoms with van der Waals surface area (Å²) < 4.78 is 2.85. The molecule has 0 atom stereocenters. The fourth-order valence-corrected chi connectivity index (χ4v) is 4.79. The van der Waals surface area contributed by atoms with E-state index in [4.69, 9.17) is 0 Å². The van der Waals surface area contributed by atoms with Gasteiger partial charge in [-0.25, -0.2) is 0 Å². The average molecular weight is 307 g/mol. The smallest absolute Gasteiger partial charge is 0.129 e. The van der Waals surface area contributed by atoms with Crippen LogP contribution in [0.1, 0.15) is 35.9 Å². The van der Waals surface area contributed by atoms with E-state index in [1.165, 1.54) is 40.0 Å². The van der Waals surface area contributed by atoms with E-state index >= 15 is 0 Å². The van der Waals surface area contributed by atoms with Crippen molar-refractivity contribution in [1.29, 1.82) is 0 Å². The van der Waals surface area contributed by atoms with Crippen LogP contribution in [0.3, 0.4) is 0 Å². The van der Waals surface area contributed by atoms with Crippen molar-refractivity contribution in [2.75, 3.05) is 0 Å². The fourth-order valence-electron chi connectivity index (χ4n) is 1.87. The molecule has 0 N–H and O–H groups in total. The number of rotatable bonds is 4. The van der Waals surface area contributed by atoms with E-state index in [1.807, 2.05) is 22.7 Å². The summed E-state index contributed by atoms with van der Waals surface area (Å²) >= 11 is 3.81. The maximum absolute atomic E-state index is 3.45. The van der Waals surface area contributed by atoms with Crippen LogP contribution in [0.25, 0.3) is 9.40 Å². The van der Waals surface area contributed by atoms with Crippen LogP contribution in [0.2, 0.25) is 19.6 Å². The molecule has 0 bridgehead atoms. The molecule has 2 rings (SSSR count). The molecule has 0 unspecified atom stereocenters. The summed E-state index contributed by atoms with van der Waals surface area (Å²) in [5.74, 6) is 3.37. The minimum absolute atomic E-state index is 1.24. The number of thiophene rings is 2. The van der Waals surface area contributed by atoms with E-state index in [0.29, 0.717) is 0 Å². The second kappa shape index (κ2) is 6.26. The van der Waals surface area contributed by atoms with Gasteiger partial charge < -0.3 is 0 Å². The first-order chi connectivity index (χ1) is 8.98. The van der Waals surface area contributed by atoms with Crippen LogP contribution in [-0.2, 0) is 6.42 Å². The largest absolute Gasteiger partial charge is 0.139 e. The highest BCUT2D eigenvalue weighted by Gasteiger charge is 2.09. The van der Waals surface area contributed by atoms with E-state index in [-0.39, 0.29) is 0 Å². The first-order valence-electron chi connectivity index (χ1n) is 7.03. The van der Waals surface area contributed by atoms with Crippen LogP contribution in [0.5, 0.6) is 0 Å². The standard InChI is InChI=1S/C16H22S2Si/c1-5-6-7-8-13-11-15-16(17-13)12-14(18-15)9-10-19(2,3)4/h11-12H,5-8H2,1-4H3. The quantitative estimate of drug-likeness (QED) is 0.373. The lowest BCUT2D eigenvalue weighted by Gasteiger charge is -2.02. The van der Waals surface area contributed by atoms with E-state index < -0.39 is 8.07 Å². The zero-order chi connectivity index (χ0) is 13.9. The van der Waals surface area contributed by atoms with Crippen LogP contribution >= 0.6 is 22.7 Å². The molecule has 2 heterocycles. The van der Waals surface area contributed by atoms with Gasteiger partial charge in [0.05, 0.1) is 4.88 Å². The highest BCUT2D eigenvalue weighted by Crippen LogP contribution is 2.33. The molecule has 0 saturated carbocycles. The predicted molar refractivity (Wildman–Crippen MR) is 93.2 cm³/mol. The lowest BCUT2D eigenvalue weighted by Crippen LogP contribution is -2.16. The zero-order valence-electron chi connectivity index (χ0n) is 12.3. The van der Waals surface area contributed by atoms with Crippen LogP contribution in [0.15, 0.2) is 12.1 Å². The number of hydrogen-bond donors (Lipinski definition) is 0. The van der Waals surface area contributed by atoms with Crippen LogP contribution in [0, 0.1) is 11.5 Å². The molecule has 0 saturated heterocycles. The molecule has 0 amide bonds. The van der Waals surface area contributed by atoms with Crippen molar-refractivity contribution in [3.8, 4) is 11.5 Å². The molecule has 0 spiro atoms. The third kappa shape index (κ3) is 4.49. The molecule has 0 aliphatic rings. The van der Waals surface area contributed by atoms with Gasteiger partial charge in [0.15, 0.2) is 0 Å². The number of unbranched alkanes of at least 4 members (excludes halogenated alkanes) is 2. The van der Waals surface area contributed by atoms with Crippen molar-refractivity contribution in [3.05, 3.63) is 21.9 Å². The van der Waals surface area contributed by atoms with Gasteiger partial charge in [-0.1, -0.05) is 45.3 Å². The van der Waals surface area contributed by atoms with Gasteiger partial charge in [-0.05, 0) is 25.0 Å². The molecule has 2 aromatic rings. The van der Waals surface area contributed by atoms with E-state index in [1.54, 1.807) is 4.88 Å². The summed E-state index contributed by atoms with van der Waals surface area (Å²) in [6.07, 6.45) is 5.22. The van der Waals surface area contributed by atoms with Gasteiger partial charge in [-0.15, -0.1) is 28.2 Å². The topological polar surface area (TPSA) is 0 Å². The molecule has 3 heteroatoms. The maximum Gasteiger partial charge on any atom is 0.129 e. The average Bonchev–Trinajstić information content (AvgIpc) is 2.83. The van der Waals surface area contributed by atoms with Gasteiger partial charge in [-0.2, -0.15) is 0 Å². The Balaban J connectivity index is 2.10. The minimum Gasteiger partial charge on any atom is -0.139 e. The van der Waals surface area contributed by atoms with Crippen LogP contribution in [0.4, 0.5) is 0 Å². The molecular formula is C16H22S2Si. The summed E-state index contributed by atoms with van der Waals surface area (Å²) in [4.78, 5) is 2.78. The molecule has 0 nitrogen and oxygen atoms in total. The molecule has 102 valence electrons. The molecule has 0 aliphatic carbocycles. The maximum atomic E-state index is 3.45. The van der Waals surface area contributed by atoms with Gasteiger partial charge in [0.2, 0.25) is 0 Å². The normalized spacial score (nSPS) is 11.6. The monoisotopic (exact) mass is 306 g/mol. The van der Waals surface area contributed by atoms with E-state index in [2.05, 4.69) is 50.2 Å². The lowest BCUT2D eigenvalue weighted by molar-refractivity contribution is 0.723. The molecular weight excluding hydrogens is 284 g/mol. The van der Waals surface area contributed by atoms with Gasteiger partial charge in [0.25, 0.3) is 0 Å². The Labute approximate surface area is 125 Å². The molecule has 2 aromatic heterocycles. The Bertz CT molecular complexity index is 570. The van der Waals surface area contributed by atoms with Crippen molar-refractivity contribution in [3.63, 3.8) is 0 Å². The van der Waals surface area contributed by atoms with Crippen LogP contribution < -0.4 is 0 Å². The highest BCUT2D eigenvalue weighted by molar-refractivity contribution is 7.28. The van der Waals surface area contributed by atoms with Gasteiger partial charge in [0, 0.05) is 14.3 Å². The van der Waals surface area contributed by atoms with E-state index in [9.17, 15) is 0 Å². The number of fused-ring (bicyclic) bond motifs is 1. The fraction of sp³-hybridized carbons (Fsp3) is 0.500. The third-order valence-electron chi connectivity index (χ3n) is 2.85. The minimum atomic E-state index is -1.25. The van der Waals surface area contributed by atoms with E-state index in [0.717, 1.165) is 0 Å². The lowest BCUT2D eigenvalue weighted by atomic mass is 10.2. The molecule has 0 fully saturated rings. The van der Waals surface area contributed by atoms with Gasteiger partial charge in [-0.3, -0.25) is 0 Å². The molecule has 0 aromatic carbocycles. The molecule has 19 heavy (non-hydrogen) atoms. The third-order valence-corrected chi connectivity index (χ3v) is 5.99. The second-order valence-corrected chi connectivity index (χ2v) is 13.0. The zero-order valence-corrected chi connectivity index (χ0v) is 14.9. The number of aryl methyl sites for hydroxylation is 1. The Morgan fingerprint density at radius 3 is 2.42 bits per heavy atom. The van der Waals surface area contributed by atoms with Gasteiger partial charge in [0.1, 0.15) is 8.07 Å². The first kappa shape index (κ1) is 14.8. The van der Waals surface area contributed by atoms with Crippen molar-refractivity contribution in [2.45, 2.75) is 52.2 Å². The van der Waals surface area contributed by atoms with Crippen molar-refractivity contribution < 1.29 is 0 Å². The Kier molecular flexibility index (Phi) is 4.89. The van der Waals surface area contributed by atoms with Crippen molar-refractivity contribution in [1.82, 2.24) is 0 Å². The summed E-state index contributed by atoms with van der Waals surface area (Å²) in [6, 6.07) is 4.65. The number of hydrogen-bond acceptors (Lipinski definition) is 2. The Morgan fingerprint density at radius 2 is 1.79 bits per heavy atom. The highest BCUT2D eigenvalue weighted by atomic mass is 32.1. The SMILES string of the molecule is CCCCCc1cc2sc(C#C[Si](C)(C)C)cc2s1. The summed E-state index contributed by atoms with van der Waals surface area (Å²) in [5, 5.41) is 0.